The predicted molar refractivity (Wildman–Crippen MR) is 57.0 cm³/mol. The first-order valence-electron chi connectivity index (χ1n) is 4.63. The van der Waals surface area contributed by atoms with Crippen LogP contribution < -0.4 is 5.32 Å². The summed E-state index contributed by atoms with van der Waals surface area (Å²) < 4.78 is 0. The molecule has 3 heteroatoms. The van der Waals surface area contributed by atoms with Gasteiger partial charge >= 0.3 is 0 Å². The molecule has 1 heterocycles. The van der Waals surface area contributed by atoms with Crippen molar-refractivity contribution in [3.63, 3.8) is 0 Å². The normalized spacial score (nSPS) is 9.50. The van der Waals surface area contributed by atoms with Gasteiger partial charge in [-0.25, -0.2) is 0 Å². The summed E-state index contributed by atoms with van der Waals surface area (Å²) in [5.41, 5.74) is 1.44. The zero-order valence-electron chi connectivity index (χ0n) is 8.29. The number of aromatic nitrogens is 1. The van der Waals surface area contributed by atoms with Crippen molar-refractivity contribution >= 4 is 12.0 Å². The van der Waals surface area contributed by atoms with Crippen LogP contribution in [0.4, 0.5) is 0 Å². The topological polar surface area (TPSA) is 42.0 Å². The molecule has 0 aliphatic carbocycles. The van der Waals surface area contributed by atoms with E-state index >= 15 is 0 Å². The number of nitrogens with one attached hydrogen (secondary N) is 1. The van der Waals surface area contributed by atoms with Crippen molar-refractivity contribution in [3.05, 3.63) is 36.2 Å². The van der Waals surface area contributed by atoms with E-state index in [0.29, 0.717) is 12.1 Å². The van der Waals surface area contributed by atoms with Gasteiger partial charge in [-0.15, -0.1) is 0 Å². The number of carbonyl (C=O) groups excluding carboxylic acids is 1. The molecule has 74 valence electrons. The average Bonchev–Trinajstić information content (AvgIpc) is 2.26. The Balaban J connectivity index is 2.74. The molecule has 1 aromatic heterocycles. The van der Waals surface area contributed by atoms with E-state index in [2.05, 4.69) is 16.9 Å². The molecular weight excluding hydrogens is 176 g/mol. The molecule has 0 saturated heterocycles. The Morgan fingerprint density at radius 2 is 2.43 bits per heavy atom. The van der Waals surface area contributed by atoms with Crippen LogP contribution in [0, 0.1) is 0 Å². The minimum atomic E-state index is -0.0805. The maximum absolute atomic E-state index is 11.5. The van der Waals surface area contributed by atoms with Crippen molar-refractivity contribution in [3.8, 4) is 0 Å². The number of hydrogen-bond donors (Lipinski definition) is 1. The SMILES string of the molecule is C=Cc1cncc(C(=O)NCCC)c1. The second-order valence-electron chi connectivity index (χ2n) is 2.97. The van der Waals surface area contributed by atoms with Gasteiger partial charge in [0.05, 0.1) is 5.56 Å². The largest absolute Gasteiger partial charge is 0.352 e. The molecule has 0 bridgehead atoms. The van der Waals surface area contributed by atoms with Crippen LogP contribution in [0.25, 0.3) is 6.08 Å². The van der Waals surface area contributed by atoms with Gasteiger partial charge in [0, 0.05) is 18.9 Å². The first kappa shape index (κ1) is 10.4. The van der Waals surface area contributed by atoms with Crippen molar-refractivity contribution in [1.82, 2.24) is 10.3 Å². The van der Waals surface area contributed by atoms with Gasteiger partial charge in [-0.2, -0.15) is 0 Å². The van der Waals surface area contributed by atoms with Gasteiger partial charge in [-0.1, -0.05) is 19.6 Å². The lowest BCUT2D eigenvalue weighted by molar-refractivity contribution is 0.0953. The van der Waals surface area contributed by atoms with Crippen molar-refractivity contribution < 1.29 is 4.79 Å². The molecule has 0 aliphatic rings. The molecule has 0 aliphatic heterocycles. The molecule has 0 atom stereocenters. The Bertz CT molecular complexity index is 334. The number of nitrogens with zero attached hydrogens (tertiary/aromatic N) is 1. The summed E-state index contributed by atoms with van der Waals surface area (Å²) in [6, 6.07) is 1.77. The van der Waals surface area contributed by atoms with Gasteiger partial charge in [0.1, 0.15) is 0 Å². The van der Waals surface area contributed by atoms with Crippen LogP contribution in [0.3, 0.4) is 0 Å². The summed E-state index contributed by atoms with van der Waals surface area (Å²) in [6.45, 7) is 6.33. The van der Waals surface area contributed by atoms with Crippen LogP contribution in [0.15, 0.2) is 25.0 Å². The lowest BCUT2D eigenvalue weighted by Gasteiger charge is -2.03. The van der Waals surface area contributed by atoms with Crippen molar-refractivity contribution in [2.24, 2.45) is 0 Å². The average molecular weight is 190 g/mol. The number of pyridine rings is 1. The van der Waals surface area contributed by atoms with Crippen LogP contribution in [-0.2, 0) is 0 Å². The van der Waals surface area contributed by atoms with E-state index < -0.39 is 0 Å². The molecule has 1 rings (SSSR count). The van der Waals surface area contributed by atoms with E-state index in [0.717, 1.165) is 12.0 Å². The van der Waals surface area contributed by atoms with Crippen LogP contribution in [-0.4, -0.2) is 17.4 Å². The Morgan fingerprint density at radius 1 is 1.64 bits per heavy atom. The third-order valence-corrected chi connectivity index (χ3v) is 1.79. The minimum absolute atomic E-state index is 0.0805. The van der Waals surface area contributed by atoms with E-state index in [9.17, 15) is 4.79 Å². The van der Waals surface area contributed by atoms with Crippen molar-refractivity contribution in [2.45, 2.75) is 13.3 Å². The fourth-order valence-corrected chi connectivity index (χ4v) is 1.03. The number of carbonyl (C=O) groups is 1. The van der Waals surface area contributed by atoms with Gasteiger partial charge in [0.2, 0.25) is 0 Å². The first-order chi connectivity index (χ1) is 6.77. The fourth-order valence-electron chi connectivity index (χ4n) is 1.03. The molecule has 1 aromatic rings. The van der Waals surface area contributed by atoms with Crippen molar-refractivity contribution in [2.75, 3.05) is 6.54 Å². The Hall–Kier alpha value is -1.64. The van der Waals surface area contributed by atoms with Gasteiger partial charge in [-0.05, 0) is 18.1 Å². The molecule has 14 heavy (non-hydrogen) atoms. The molecule has 1 amide bonds. The zero-order valence-corrected chi connectivity index (χ0v) is 8.29. The molecule has 0 radical (unpaired) electrons. The Morgan fingerprint density at radius 3 is 3.07 bits per heavy atom. The third-order valence-electron chi connectivity index (χ3n) is 1.79. The second-order valence-corrected chi connectivity index (χ2v) is 2.97. The molecule has 1 N–H and O–H groups in total. The standard InChI is InChI=1S/C11H14N2O/c1-3-5-13-11(14)10-6-9(4-2)7-12-8-10/h4,6-8H,2-3,5H2,1H3,(H,13,14). The maximum Gasteiger partial charge on any atom is 0.252 e. The monoisotopic (exact) mass is 190 g/mol. The van der Waals surface area contributed by atoms with E-state index in [1.54, 1.807) is 24.5 Å². The summed E-state index contributed by atoms with van der Waals surface area (Å²) in [4.78, 5) is 15.4. The summed E-state index contributed by atoms with van der Waals surface area (Å²) in [5, 5.41) is 2.79. The van der Waals surface area contributed by atoms with Crippen LogP contribution >= 0.6 is 0 Å². The molecular formula is C11H14N2O. The van der Waals surface area contributed by atoms with E-state index in [4.69, 9.17) is 0 Å². The lowest BCUT2D eigenvalue weighted by atomic mass is 10.2. The number of amides is 1. The first-order valence-corrected chi connectivity index (χ1v) is 4.63. The van der Waals surface area contributed by atoms with Crippen LogP contribution in [0.5, 0.6) is 0 Å². The number of hydrogen-bond acceptors (Lipinski definition) is 2. The summed E-state index contributed by atoms with van der Waals surface area (Å²) in [6.07, 6.45) is 5.82. The number of rotatable bonds is 4. The summed E-state index contributed by atoms with van der Waals surface area (Å²) >= 11 is 0. The fraction of sp³-hybridized carbons (Fsp3) is 0.273. The van der Waals surface area contributed by atoms with Gasteiger partial charge in [-0.3, -0.25) is 9.78 Å². The highest BCUT2D eigenvalue weighted by Crippen LogP contribution is 2.03. The van der Waals surface area contributed by atoms with E-state index in [1.165, 1.54) is 0 Å². The van der Waals surface area contributed by atoms with Gasteiger partial charge < -0.3 is 5.32 Å². The highest BCUT2D eigenvalue weighted by molar-refractivity contribution is 5.94. The summed E-state index contributed by atoms with van der Waals surface area (Å²) in [5.74, 6) is -0.0805. The van der Waals surface area contributed by atoms with Crippen LogP contribution in [0.2, 0.25) is 0 Å². The molecule has 0 aromatic carbocycles. The van der Waals surface area contributed by atoms with Gasteiger partial charge in [0.15, 0.2) is 0 Å². The van der Waals surface area contributed by atoms with E-state index in [-0.39, 0.29) is 5.91 Å². The molecule has 0 fully saturated rings. The smallest absolute Gasteiger partial charge is 0.252 e. The van der Waals surface area contributed by atoms with Crippen molar-refractivity contribution in [1.29, 1.82) is 0 Å². The molecule has 3 nitrogen and oxygen atoms in total. The van der Waals surface area contributed by atoms with Gasteiger partial charge in [0.25, 0.3) is 5.91 Å². The minimum Gasteiger partial charge on any atom is -0.352 e. The predicted octanol–water partition coefficient (Wildman–Crippen LogP) is 1.86. The lowest BCUT2D eigenvalue weighted by Crippen LogP contribution is -2.24. The molecule has 0 spiro atoms. The highest BCUT2D eigenvalue weighted by atomic mass is 16.1. The zero-order chi connectivity index (χ0) is 10.4. The third kappa shape index (κ3) is 2.69. The summed E-state index contributed by atoms with van der Waals surface area (Å²) in [7, 11) is 0. The Labute approximate surface area is 83.9 Å². The van der Waals surface area contributed by atoms with E-state index in [1.807, 2.05) is 6.92 Å². The Kier molecular flexibility index (Phi) is 3.85. The maximum atomic E-state index is 11.5. The quantitative estimate of drug-likeness (QED) is 0.787. The second kappa shape index (κ2) is 5.17. The van der Waals surface area contributed by atoms with Crippen LogP contribution in [0.1, 0.15) is 29.3 Å². The highest BCUT2D eigenvalue weighted by Gasteiger charge is 2.04. The molecule has 0 saturated carbocycles. The molecule has 0 unspecified atom stereocenters.